The van der Waals surface area contributed by atoms with E-state index in [1.165, 1.54) is 41.7 Å². The van der Waals surface area contributed by atoms with Crippen molar-refractivity contribution in [1.29, 1.82) is 0 Å². The predicted molar refractivity (Wildman–Crippen MR) is 148 cm³/mol. The van der Waals surface area contributed by atoms with Gasteiger partial charge in [0.1, 0.15) is 37.0 Å². The van der Waals surface area contributed by atoms with Gasteiger partial charge in [-0.05, 0) is 47.1 Å². The number of hydrogen-bond acceptors (Lipinski definition) is 8. The van der Waals surface area contributed by atoms with E-state index in [2.05, 4.69) is 5.32 Å². The second kappa shape index (κ2) is 13.9. The highest BCUT2D eigenvalue weighted by molar-refractivity contribution is 5.91. The lowest BCUT2D eigenvalue weighted by atomic mass is 9.94. The standard InChI is InChI=1S/C29H39F6N3O8/c1-15(23(40)43-14-16-11-9-8-10-12-16)36-22(39)18(21(28(30,31)32)29(33,34)35)38(25(41)37-26(2,3)4)13-17-19-20(24(42-7)44-17)46-27(5,6)45-19/h8-12,15,17-21,24H,13-14H2,1-7H3,(H,36,39)(H,37,41)/t15-,17+,18+,19+,20+,24+/m0/s1. The van der Waals surface area contributed by atoms with Crippen LogP contribution >= 0.6 is 0 Å². The third-order valence-electron chi connectivity index (χ3n) is 7.02. The maximum Gasteiger partial charge on any atom is 0.403 e. The lowest BCUT2D eigenvalue weighted by Crippen LogP contribution is -2.65. The molecule has 11 nitrogen and oxygen atoms in total. The van der Waals surface area contributed by atoms with E-state index < -0.39 is 90.7 Å². The van der Waals surface area contributed by atoms with Crippen molar-refractivity contribution in [2.75, 3.05) is 13.7 Å². The molecular weight excluding hydrogens is 632 g/mol. The quantitative estimate of drug-likeness (QED) is 0.282. The summed E-state index contributed by atoms with van der Waals surface area (Å²) in [5.41, 5.74) is -0.628. The number of fused-ring (bicyclic) bond motifs is 1. The van der Waals surface area contributed by atoms with Crippen LogP contribution in [-0.4, -0.2) is 96.8 Å². The average molecular weight is 672 g/mol. The largest absolute Gasteiger partial charge is 0.459 e. The molecule has 0 saturated carbocycles. The maximum absolute atomic E-state index is 14.3. The highest BCUT2D eigenvalue weighted by Crippen LogP contribution is 2.44. The Hall–Kier alpha value is -3.15. The van der Waals surface area contributed by atoms with Crippen LogP contribution in [0.4, 0.5) is 31.1 Å². The summed E-state index contributed by atoms with van der Waals surface area (Å²) in [6.07, 6.45) is -16.7. The van der Waals surface area contributed by atoms with Crippen molar-refractivity contribution < 1.29 is 64.4 Å². The van der Waals surface area contributed by atoms with Crippen molar-refractivity contribution in [3.8, 4) is 0 Å². The summed E-state index contributed by atoms with van der Waals surface area (Å²) in [5, 5.41) is 4.21. The molecule has 0 aromatic heterocycles. The number of carbonyl (C=O) groups is 3. The van der Waals surface area contributed by atoms with Gasteiger partial charge < -0.3 is 39.2 Å². The smallest absolute Gasteiger partial charge is 0.403 e. The fraction of sp³-hybridized carbons (Fsp3) is 0.690. The summed E-state index contributed by atoms with van der Waals surface area (Å²) < 4.78 is 113. The van der Waals surface area contributed by atoms with Gasteiger partial charge in [0.05, 0.1) is 6.54 Å². The number of halogens is 6. The maximum atomic E-state index is 14.3. The first-order chi connectivity index (χ1) is 21.0. The molecule has 3 amide bonds. The van der Waals surface area contributed by atoms with E-state index in [-0.39, 0.29) is 11.5 Å². The number of rotatable bonds is 10. The van der Waals surface area contributed by atoms with Crippen molar-refractivity contribution >= 4 is 17.9 Å². The Morgan fingerprint density at radius 3 is 2.07 bits per heavy atom. The summed E-state index contributed by atoms with van der Waals surface area (Å²) in [6, 6.07) is 1.82. The van der Waals surface area contributed by atoms with Crippen LogP contribution in [0.25, 0.3) is 0 Å². The lowest BCUT2D eigenvalue weighted by molar-refractivity contribution is -0.295. The van der Waals surface area contributed by atoms with Crippen LogP contribution < -0.4 is 10.6 Å². The Labute approximate surface area is 262 Å². The van der Waals surface area contributed by atoms with Gasteiger partial charge in [0.2, 0.25) is 5.91 Å². The number of amides is 3. The first kappa shape index (κ1) is 37.3. The van der Waals surface area contributed by atoms with Crippen LogP contribution in [-0.2, 0) is 39.9 Å². The Balaban J connectivity index is 2.01. The minimum Gasteiger partial charge on any atom is -0.459 e. The number of benzene rings is 1. The van der Waals surface area contributed by atoms with Crippen LogP contribution in [0.5, 0.6) is 0 Å². The lowest BCUT2D eigenvalue weighted by Gasteiger charge is -2.40. The van der Waals surface area contributed by atoms with E-state index in [4.69, 9.17) is 23.7 Å². The number of ether oxygens (including phenoxy) is 5. The number of hydrogen-bond donors (Lipinski definition) is 2. The molecule has 0 unspecified atom stereocenters. The monoisotopic (exact) mass is 671 g/mol. The Morgan fingerprint density at radius 1 is 0.978 bits per heavy atom. The minimum absolute atomic E-state index is 0.0999. The molecule has 1 aromatic carbocycles. The van der Waals surface area contributed by atoms with Crippen molar-refractivity contribution in [2.24, 2.45) is 5.92 Å². The van der Waals surface area contributed by atoms with Gasteiger partial charge in [0, 0.05) is 12.6 Å². The van der Waals surface area contributed by atoms with Gasteiger partial charge in [-0.15, -0.1) is 0 Å². The predicted octanol–water partition coefficient (Wildman–Crippen LogP) is 4.05. The topological polar surface area (TPSA) is 125 Å². The van der Waals surface area contributed by atoms with E-state index in [0.717, 1.165) is 6.92 Å². The van der Waals surface area contributed by atoms with Gasteiger partial charge >= 0.3 is 24.4 Å². The zero-order valence-electron chi connectivity index (χ0n) is 26.3. The average Bonchev–Trinajstić information content (AvgIpc) is 3.39. The van der Waals surface area contributed by atoms with Gasteiger partial charge in [0.15, 0.2) is 18.0 Å². The molecule has 0 spiro atoms. The van der Waals surface area contributed by atoms with Gasteiger partial charge in [-0.25, -0.2) is 9.59 Å². The zero-order chi connectivity index (χ0) is 34.8. The molecule has 3 rings (SSSR count). The fourth-order valence-corrected chi connectivity index (χ4v) is 5.12. The van der Waals surface area contributed by atoms with Crippen molar-refractivity contribution in [1.82, 2.24) is 15.5 Å². The highest BCUT2D eigenvalue weighted by atomic mass is 19.4. The molecule has 260 valence electrons. The van der Waals surface area contributed by atoms with E-state index in [1.807, 2.05) is 5.32 Å². The molecule has 2 heterocycles. The van der Waals surface area contributed by atoms with Crippen LogP contribution in [0.3, 0.4) is 0 Å². The summed E-state index contributed by atoms with van der Waals surface area (Å²) >= 11 is 0. The molecule has 2 aliphatic rings. The van der Waals surface area contributed by atoms with Gasteiger partial charge in [-0.3, -0.25) is 4.79 Å². The van der Waals surface area contributed by atoms with Crippen molar-refractivity contribution in [3.05, 3.63) is 35.9 Å². The molecular formula is C29H39F6N3O8. The Morgan fingerprint density at radius 2 is 1.54 bits per heavy atom. The van der Waals surface area contributed by atoms with Crippen LogP contribution in [0.15, 0.2) is 30.3 Å². The second-order valence-corrected chi connectivity index (χ2v) is 12.5. The summed E-state index contributed by atoms with van der Waals surface area (Å²) in [5.74, 6) is -8.65. The molecule has 2 aliphatic heterocycles. The molecule has 17 heteroatoms. The molecule has 0 radical (unpaired) electrons. The Kier molecular flexibility index (Phi) is 11.3. The molecule has 2 fully saturated rings. The van der Waals surface area contributed by atoms with Crippen LogP contribution in [0.2, 0.25) is 0 Å². The van der Waals surface area contributed by atoms with Crippen LogP contribution in [0.1, 0.15) is 47.1 Å². The van der Waals surface area contributed by atoms with E-state index in [0.29, 0.717) is 5.56 Å². The molecule has 2 N–H and O–H groups in total. The van der Waals surface area contributed by atoms with Crippen LogP contribution in [0, 0.1) is 5.92 Å². The van der Waals surface area contributed by atoms with E-state index in [9.17, 15) is 40.7 Å². The number of nitrogens with zero attached hydrogens (tertiary/aromatic N) is 1. The van der Waals surface area contributed by atoms with Crippen molar-refractivity contribution in [2.45, 2.75) is 109 Å². The summed E-state index contributed by atoms with van der Waals surface area (Å²) in [4.78, 5) is 39.8. The second-order valence-electron chi connectivity index (χ2n) is 12.5. The summed E-state index contributed by atoms with van der Waals surface area (Å²) in [6.45, 7) is 7.12. The van der Waals surface area contributed by atoms with E-state index >= 15 is 0 Å². The molecule has 0 bridgehead atoms. The molecule has 46 heavy (non-hydrogen) atoms. The molecule has 6 atom stereocenters. The summed E-state index contributed by atoms with van der Waals surface area (Å²) in [7, 11) is 1.24. The highest BCUT2D eigenvalue weighted by Gasteiger charge is 2.65. The number of nitrogens with one attached hydrogen (secondary N) is 2. The zero-order valence-corrected chi connectivity index (χ0v) is 26.3. The van der Waals surface area contributed by atoms with Gasteiger partial charge in [-0.1, -0.05) is 30.3 Å². The number of carbonyl (C=O) groups excluding carboxylic acids is 3. The first-order valence-electron chi connectivity index (χ1n) is 14.3. The molecule has 0 aliphatic carbocycles. The Bertz CT molecular complexity index is 1210. The third-order valence-corrected chi connectivity index (χ3v) is 7.02. The van der Waals surface area contributed by atoms with Gasteiger partial charge in [0.25, 0.3) is 0 Å². The van der Waals surface area contributed by atoms with Crippen molar-refractivity contribution in [3.63, 3.8) is 0 Å². The SMILES string of the molecule is CO[C@@H]1O[C@H](CN(C(=O)NC(C)(C)C)[C@@H](C(=O)N[C@@H](C)C(=O)OCc2ccccc2)C(C(F)(F)F)C(F)(F)F)[C@H]2OC(C)(C)O[C@@H]12. The number of methoxy groups -OCH3 is 1. The number of urea groups is 1. The molecule has 1 aromatic rings. The number of esters is 1. The number of alkyl halides is 6. The minimum atomic E-state index is -6.07. The molecule has 2 saturated heterocycles. The van der Waals surface area contributed by atoms with E-state index in [1.54, 1.807) is 30.3 Å². The normalized spacial score (nSPS) is 24.2. The van der Waals surface area contributed by atoms with Gasteiger partial charge in [-0.2, -0.15) is 26.3 Å². The third kappa shape index (κ3) is 9.45. The first-order valence-corrected chi connectivity index (χ1v) is 14.3. The fourth-order valence-electron chi connectivity index (χ4n) is 5.12.